The van der Waals surface area contributed by atoms with Crippen molar-refractivity contribution in [1.82, 2.24) is 10.2 Å². The lowest BCUT2D eigenvalue weighted by atomic mass is 9.73. The molecule has 2 aliphatic rings. The maximum atomic E-state index is 13.1. The maximum absolute atomic E-state index is 13.1. The van der Waals surface area contributed by atoms with Crippen molar-refractivity contribution in [2.24, 2.45) is 5.92 Å². The number of carbonyl (C=O) groups is 2. The van der Waals surface area contributed by atoms with Crippen LogP contribution in [0.2, 0.25) is 0 Å². The molecule has 4 rings (SSSR count). The van der Waals surface area contributed by atoms with Crippen molar-refractivity contribution in [3.63, 3.8) is 0 Å². The van der Waals surface area contributed by atoms with Crippen molar-refractivity contribution in [3.8, 4) is 5.75 Å². The highest BCUT2D eigenvalue weighted by molar-refractivity contribution is 5.97. The highest BCUT2D eigenvalue weighted by Gasteiger charge is 2.43. The SMILES string of the molecule is CCOc1cc(C(=O)NCC2C=CC=CC2(c2ccccc2)N2CCCCCC2)ccc1C(=O)O. The summed E-state index contributed by atoms with van der Waals surface area (Å²) in [7, 11) is 0. The summed E-state index contributed by atoms with van der Waals surface area (Å²) in [5, 5.41) is 12.5. The Balaban J connectivity index is 1.60. The molecule has 184 valence electrons. The number of aromatic carboxylic acids is 1. The maximum Gasteiger partial charge on any atom is 0.339 e. The van der Waals surface area contributed by atoms with Crippen LogP contribution in [0.1, 0.15) is 58.9 Å². The molecule has 6 heteroatoms. The van der Waals surface area contributed by atoms with E-state index in [9.17, 15) is 14.7 Å². The first-order valence-electron chi connectivity index (χ1n) is 12.5. The number of benzene rings is 2. The number of carboxylic acids is 1. The van der Waals surface area contributed by atoms with Crippen LogP contribution in [-0.4, -0.2) is 48.1 Å². The molecule has 1 saturated heterocycles. The van der Waals surface area contributed by atoms with Crippen LogP contribution < -0.4 is 10.1 Å². The Morgan fingerprint density at radius 3 is 2.49 bits per heavy atom. The Hall–Kier alpha value is -3.38. The van der Waals surface area contributed by atoms with Crippen molar-refractivity contribution in [2.45, 2.75) is 38.1 Å². The third-order valence-corrected chi connectivity index (χ3v) is 6.99. The first-order valence-corrected chi connectivity index (χ1v) is 12.5. The summed E-state index contributed by atoms with van der Waals surface area (Å²) >= 11 is 0. The van der Waals surface area contributed by atoms with Crippen molar-refractivity contribution < 1.29 is 19.4 Å². The minimum absolute atomic E-state index is 0.0432. The molecule has 0 bridgehead atoms. The van der Waals surface area contributed by atoms with Gasteiger partial charge in [-0.2, -0.15) is 0 Å². The highest BCUT2D eigenvalue weighted by atomic mass is 16.5. The van der Waals surface area contributed by atoms with Gasteiger partial charge in [-0.3, -0.25) is 9.69 Å². The number of nitrogens with one attached hydrogen (secondary N) is 1. The van der Waals surface area contributed by atoms with Gasteiger partial charge in [-0.15, -0.1) is 0 Å². The molecular formula is C29H34N2O4. The predicted octanol–water partition coefficient (Wildman–Crippen LogP) is 5.03. The number of hydrogen-bond acceptors (Lipinski definition) is 4. The predicted molar refractivity (Wildman–Crippen MR) is 137 cm³/mol. The second kappa shape index (κ2) is 11.4. The molecule has 1 aliphatic heterocycles. The molecule has 6 nitrogen and oxygen atoms in total. The van der Waals surface area contributed by atoms with Gasteiger partial charge in [0.2, 0.25) is 0 Å². The minimum atomic E-state index is -1.08. The Morgan fingerprint density at radius 1 is 1.06 bits per heavy atom. The number of likely N-dealkylation sites (tertiary alicyclic amines) is 1. The molecule has 1 heterocycles. The second-order valence-corrected chi connectivity index (χ2v) is 9.10. The lowest BCUT2D eigenvalue weighted by molar-refractivity contribution is 0.0691. The Kier molecular flexibility index (Phi) is 8.03. The van der Waals surface area contributed by atoms with E-state index in [-0.39, 0.29) is 28.7 Å². The van der Waals surface area contributed by atoms with Crippen LogP contribution in [0.5, 0.6) is 5.75 Å². The van der Waals surface area contributed by atoms with E-state index in [0.29, 0.717) is 18.7 Å². The number of allylic oxidation sites excluding steroid dienone is 2. The molecule has 0 spiro atoms. The van der Waals surface area contributed by atoms with Crippen LogP contribution in [0.25, 0.3) is 0 Å². The van der Waals surface area contributed by atoms with Gasteiger partial charge in [-0.05, 0) is 56.6 Å². The van der Waals surface area contributed by atoms with Gasteiger partial charge in [0.05, 0.1) is 12.1 Å². The van der Waals surface area contributed by atoms with E-state index in [0.717, 1.165) is 13.1 Å². The highest BCUT2D eigenvalue weighted by Crippen LogP contribution is 2.41. The summed E-state index contributed by atoms with van der Waals surface area (Å²) in [5.74, 6) is -1.08. The minimum Gasteiger partial charge on any atom is -0.493 e. The third kappa shape index (κ3) is 5.33. The summed E-state index contributed by atoms with van der Waals surface area (Å²) in [6, 6.07) is 15.0. The number of ether oxygens (including phenoxy) is 1. The second-order valence-electron chi connectivity index (χ2n) is 9.10. The van der Waals surface area contributed by atoms with Gasteiger partial charge in [0.1, 0.15) is 11.3 Å². The van der Waals surface area contributed by atoms with E-state index in [1.54, 1.807) is 6.92 Å². The molecule has 2 aromatic rings. The van der Waals surface area contributed by atoms with Gasteiger partial charge >= 0.3 is 5.97 Å². The van der Waals surface area contributed by atoms with Crippen molar-refractivity contribution in [3.05, 3.63) is 89.5 Å². The third-order valence-electron chi connectivity index (χ3n) is 6.99. The van der Waals surface area contributed by atoms with Gasteiger partial charge in [0.15, 0.2) is 0 Å². The van der Waals surface area contributed by atoms with E-state index in [1.807, 2.05) is 6.07 Å². The fourth-order valence-electron chi connectivity index (χ4n) is 5.29. The number of hydrogen-bond donors (Lipinski definition) is 2. The molecule has 1 fully saturated rings. The first kappa shape index (κ1) is 24.7. The van der Waals surface area contributed by atoms with Crippen molar-refractivity contribution >= 4 is 11.9 Å². The summed E-state index contributed by atoms with van der Waals surface area (Å²) in [4.78, 5) is 27.2. The van der Waals surface area contributed by atoms with Crippen LogP contribution in [-0.2, 0) is 5.54 Å². The Morgan fingerprint density at radius 2 is 1.80 bits per heavy atom. The molecule has 2 unspecified atom stereocenters. The van der Waals surface area contributed by atoms with Crippen LogP contribution in [0.3, 0.4) is 0 Å². The number of rotatable bonds is 8. The quantitative estimate of drug-likeness (QED) is 0.561. The normalized spacial score (nSPS) is 22.4. The van der Waals surface area contributed by atoms with Crippen LogP contribution in [0.4, 0.5) is 0 Å². The molecule has 0 radical (unpaired) electrons. The average molecular weight is 475 g/mol. The molecular weight excluding hydrogens is 440 g/mol. The number of carbonyl (C=O) groups excluding carboxylic acids is 1. The lowest BCUT2D eigenvalue weighted by Gasteiger charge is -2.48. The molecule has 2 atom stereocenters. The Labute approximate surface area is 207 Å². The number of nitrogens with zero attached hydrogens (tertiary/aromatic N) is 1. The Bertz CT molecular complexity index is 1090. The molecule has 1 aliphatic carbocycles. The van der Waals surface area contributed by atoms with Crippen molar-refractivity contribution in [1.29, 1.82) is 0 Å². The number of amides is 1. The zero-order chi connectivity index (χ0) is 24.7. The van der Waals surface area contributed by atoms with Gasteiger partial charge in [-0.1, -0.05) is 67.5 Å². The van der Waals surface area contributed by atoms with E-state index in [4.69, 9.17) is 4.74 Å². The monoisotopic (exact) mass is 474 g/mol. The van der Waals surface area contributed by atoms with E-state index < -0.39 is 5.97 Å². The fraction of sp³-hybridized carbons (Fsp3) is 0.379. The molecule has 1 amide bonds. The zero-order valence-corrected chi connectivity index (χ0v) is 20.3. The standard InChI is InChI=1S/C29H34N2O4/c1-2-35-26-20-22(15-16-25(26)28(33)34)27(32)30-21-24-14-8-9-17-29(24,23-12-6-5-7-13-23)31-18-10-3-4-11-19-31/h5-9,12-17,20,24H,2-4,10-11,18-19,21H2,1H3,(H,30,32)(H,33,34). The average Bonchev–Trinajstić information content (AvgIpc) is 3.18. The summed E-state index contributed by atoms with van der Waals surface area (Å²) in [6.45, 7) is 4.60. The summed E-state index contributed by atoms with van der Waals surface area (Å²) in [6.07, 6.45) is 13.5. The van der Waals surface area contributed by atoms with E-state index in [1.165, 1.54) is 49.4 Å². The van der Waals surface area contributed by atoms with Gasteiger partial charge in [0.25, 0.3) is 5.91 Å². The summed E-state index contributed by atoms with van der Waals surface area (Å²) < 4.78 is 5.48. The first-order chi connectivity index (χ1) is 17.1. The van der Waals surface area contributed by atoms with Crippen molar-refractivity contribution in [2.75, 3.05) is 26.2 Å². The van der Waals surface area contributed by atoms with Crippen LogP contribution in [0.15, 0.2) is 72.8 Å². The molecule has 0 saturated carbocycles. The molecule has 2 aromatic carbocycles. The van der Waals surface area contributed by atoms with Gasteiger partial charge in [0, 0.05) is 18.0 Å². The van der Waals surface area contributed by atoms with Gasteiger partial charge in [-0.25, -0.2) is 4.79 Å². The smallest absolute Gasteiger partial charge is 0.339 e. The number of carboxylic acid groups (broad SMARTS) is 1. The van der Waals surface area contributed by atoms with Crippen LogP contribution in [0, 0.1) is 5.92 Å². The largest absolute Gasteiger partial charge is 0.493 e. The zero-order valence-electron chi connectivity index (χ0n) is 20.3. The van der Waals surface area contributed by atoms with Crippen LogP contribution >= 0.6 is 0 Å². The van der Waals surface area contributed by atoms with E-state index >= 15 is 0 Å². The lowest BCUT2D eigenvalue weighted by Crippen LogP contribution is -2.53. The fourth-order valence-corrected chi connectivity index (χ4v) is 5.29. The molecule has 35 heavy (non-hydrogen) atoms. The molecule has 0 aromatic heterocycles. The topological polar surface area (TPSA) is 78.9 Å². The molecule has 2 N–H and O–H groups in total. The van der Waals surface area contributed by atoms with E-state index in [2.05, 4.69) is 58.8 Å². The van der Waals surface area contributed by atoms with Gasteiger partial charge < -0.3 is 15.2 Å². The summed E-state index contributed by atoms with van der Waals surface area (Å²) in [5.41, 5.74) is 1.32.